The minimum absolute atomic E-state index is 0.0778. The number of fused-ring (bicyclic) bond motifs is 2. The van der Waals surface area contributed by atoms with Gasteiger partial charge < -0.3 is 9.84 Å². The molecule has 1 N–H and O–H groups in total. The number of ether oxygens (including phenoxy) is 1. The molecule has 166 valence electrons. The number of aliphatic hydroxyl groups excluding tert-OH is 1. The maximum atomic E-state index is 13.3. The van der Waals surface area contributed by atoms with Crippen molar-refractivity contribution in [2.75, 3.05) is 12.9 Å². The first-order valence-electron chi connectivity index (χ1n) is 11.3. The van der Waals surface area contributed by atoms with Crippen molar-refractivity contribution in [2.24, 2.45) is 22.7 Å². The van der Waals surface area contributed by atoms with Gasteiger partial charge in [-0.2, -0.15) is 11.8 Å². The van der Waals surface area contributed by atoms with Crippen molar-refractivity contribution in [3.8, 4) is 5.75 Å². The summed E-state index contributed by atoms with van der Waals surface area (Å²) < 4.78 is 5.32. The molecule has 2 aliphatic carbocycles. The molecule has 0 aliphatic heterocycles. The summed E-state index contributed by atoms with van der Waals surface area (Å²) >= 11 is 1.83. The van der Waals surface area contributed by atoms with E-state index in [9.17, 15) is 9.90 Å². The van der Waals surface area contributed by atoms with Crippen LogP contribution in [0.5, 0.6) is 5.75 Å². The van der Waals surface area contributed by atoms with Crippen LogP contribution < -0.4 is 4.74 Å². The number of carbonyl (C=O) groups excluding carboxylic acids is 1. The van der Waals surface area contributed by atoms with E-state index in [1.807, 2.05) is 54.2 Å². The highest BCUT2D eigenvalue weighted by atomic mass is 32.2. The average Bonchev–Trinajstić information content (AvgIpc) is 3.10. The van der Waals surface area contributed by atoms with Gasteiger partial charge >= 0.3 is 0 Å². The third-order valence-electron chi connectivity index (χ3n) is 8.26. The van der Waals surface area contributed by atoms with Gasteiger partial charge in [0.2, 0.25) is 0 Å². The van der Waals surface area contributed by atoms with Crippen LogP contribution in [0, 0.1) is 22.7 Å². The van der Waals surface area contributed by atoms with Crippen molar-refractivity contribution >= 4 is 17.5 Å². The normalized spacial score (nSPS) is 28.5. The van der Waals surface area contributed by atoms with Gasteiger partial charge in [0.15, 0.2) is 0 Å². The van der Waals surface area contributed by atoms with Crippen LogP contribution in [0.15, 0.2) is 54.6 Å². The van der Waals surface area contributed by atoms with Crippen LogP contribution >= 0.6 is 11.8 Å². The van der Waals surface area contributed by atoms with Crippen LogP contribution in [-0.4, -0.2) is 23.8 Å². The summed E-state index contributed by atoms with van der Waals surface area (Å²) in [5.74, 6) is 2.69. The number of hydrogen-bond acceptors (Lipinski definition) is 4. The van der Waals surface area contributed by atoms with Gasteiger partial charge in [-0.25, -0.2) is 0 Å². The molecule has 4 rings (SSSR count). The molecule has 4 heteroatoms. The molecular weight excluding hydrogens is 404 g/mol. The summed E-state index contributed by atoms with van der Waals surface area (Å²) in [5, 5.41) is 11.0. The summed E-state index contributed by atoms with van der Waals surface area (Å²) in [6.45, 7) is 6.75. The van der Waals surface area contributed by atoms with E-state index in [2.05, 4.69) is 32.9 Å². The van der Waals surface area contributed by atoms with Crippen LogP contribution in [-0.2, 0) is 4.79 Å². The van der Waals surface area contributed by atoms with Crippen molar-refractivity contribution in [2.45, 2.75) is 51.4 Å². The van der Waals surface area contributed by atoms with Crippen LogP contribution in [0.4, 0.5) is 0 Å². The summed E-state index contributed by atoms with van der Waals surface area (Å²) in [7, 11) is 1.67. The Labute approximate surface area is 190 Å². The smallest absolute Gasteiger partial charge is 0.143 e. The number of Topliss-reactive ketones (excluding diaryl/α,β-unsaturated/α-hetero) is 1. The largest absolute Gasteiger partial charge is 0.497 e. The molecule has 2 aliphatic rings. The molecule has 31 heavy (non-hydrogen) atoms. The molecule has 3 unspecified atom stereocenters. The molecule has 0 saturated heterocycles. The van der Waals surface area contributed by atoms with E-state index in [0.717, 1.165) is 29.9 Å². The van der Waals surface area contributed by atoms with Crippen LogP contribution in [0.2, 0.25) is 0 Å². The lowest BCUT2D eigenvalue weighted by molar-refractivity contribution is -0.131. The van der Waals surface area contributed by atoms with E-state index < -0.39 is 6.10 Å². The summed E-state index contributed by atoms with van der Waals surface area (Å²) in [6.07, 6.45) is 2.26. The summed E-state index contributed by atoms with van der Waals surface area (Å²) in [5.41, 5.74) is 2.00. The molecule has 2 saturated carbocycles. The predicted octanol–water partition coefficient (Wildman–Crippen LogP) is 6.23. The SMILES string of the molecule is COc1ccc([C@H](C[C@H](O)c2ccccc2)SCC2C(=O)C3(C)CCC2C3(C)C)cc1. The number of hydrogen-bond donors (Lipinski definition) is 1. The highest BCUT2D eigenvalue weighted by Gasteiger charge is 2.65. The number of carbonyl (C=O) groups is 1. The molecule has 2 fully saturated rings. The van der Waals surface area contributed by atoms with Crippen molar-refractivity contribution in [3.05, 3.63) is 65.7 Å². The van der Waals surface area contributed by atoms with E-state index in [0.29, 0.717) is 18.1 Å². The van der Waals surface area contributed by atoms with E-state index in [-0.39, 0.29) is 22.0 Å². The second-order valence-electron chi connectivity index (χ2n) is 9.93. The van der Waals surface area contributed by atoms with Crippen molar-refractivity contribution in [1.82, 2.24) is 0 Å². The van der Waals surface area contributed by atoms with Gasteiger partial charge in [-0.05, 0) is 53.9 Å². The first-order valence-corrected chi connectivity index (χ1v) is 12.4. The molecule has 2 aromatic rings. The fourth-order valence-corrected chi connectivity index (χ4v) is 7.31. The van der Waals surface area contributed by atoms with Gasteiger partial charge in [0, 0.05) is 22.3 Å². The van der Waals surface area contributed by atoms with Gasteiger partial charge in [0.1, 0.15) is 11.5 Å². The second-order valence-corrected chi connectivity index (χ2v) is 11.2. The highest BCUT2D eigenvalue weighted by molar-refractivity contribution is 7.99. The Morgan fingerprint density at radius 3 is 2.32 bits per heavy atom. The minimum atomic E-state index is -0.537. The topological polar surface area (TPSA) is 46.5 Å². The van der Waals surface area contributed by atoms with Gasteiger partial charge in [0.05, 0.1) is 13.2 Å². The monoisotopic (exact) mass is 438 g/mol. The lowest BCUT2D eigenvalue weighted by atomic mass is 9.70. The standard InChI is InChI=1S/C27H34O3S/c1-26(2)22-14-15-27(26,3)25(29)21(22)17-31-24(19-10-12-20(30-4)13-11-19)16-23(28)18-8-6-5-7-9-18/h5-13,21-24,28H,14-17H2,1-4H3/t21?,22?,23-,24-,27?/m0/s1. The van der Waals surface area contributed by atoms with Gasteiger partial charge in [-0.15, -0.1) is 0 Å². The Bertz CT molecular complexity index is 908. The number of benzene rings is 2. The first kappa shape index (κ1) is 22.4. The molecule has 2 bridgehead atoms. The molecule has 0 heterocycles. The van der Waals surface area contributed by atoms with E-state index >= 15 is 0 Å². The second kappa shape index (κ2) is 8.63. The lowest BCUT2D eigenvalue weighted by Gasteiger charge is -2.32. The number of ketones is 1. The van der Waals surface area contributed by atoms with Crippen molar-refractivity contribution in [1.29, 1.82) is 0 Å². The first-order chi connectivity index (χ1) is 14.8. The predicted molar refractivity (Wildman–Crippen MR) is 127 cm³/mol. The quantitative estimate of drug-likeness (QED) is 0.530. The molecular formula is C27H34O3S. The average molecular weight is 439 g/mol. The maximum absolute atomic E-state index is 13.3. The molecule has 0 aromatic heterocycles. The third kappa shape index (κ3) is 3.93. The number of methoxy groups -OCH3 is 1. The van der Waals surface area contributed by atoms with Crippen LogP contribution in [0.25, 0.3) is 0 Å². The van der Waals surface area contributed by atoms with E-state index in [1.165, 1.54) is 5.56 Å². The summed E-state index contributed by atoms with van der Waals surface area (Å²) in [6, 6.07) is 18.0. The van der Waals surface area contributed by atoms with Gasteiger partial charge in [-0.3, -0.25) is 4.79 Å². The zero-order valence-corrected chi connectivity index (χ0v) is 19.8. The van der Waals surface area contributed by atoms with Crippen molar-refractivity contribution in [3.63, 3.8) is 0 Å². The molecule has 5 atom stereocenters. The Balaban J connectivity index is 1.53. The highest BCUT2D eigenvalue weighted by Crippen LogP contribution is 2.66. The molecule has 0 spiro atoms. The zero-order valence-electron chi connectivity index (χ0n) is 19.0. The van der Waals surface area contributed by atoms with E-state index in [4.69, 9.17) is 4.74 Å². The summed E-state index contributed by atoms with van der Waals surface area (Å²) in [4.78, 5) is 13.3. The Kier molecular flexibility index (Phi) is 6.24. The van der Waals surface area contributed by atoms with E-state index in [1.54, 1.807) is 7.11 Å². The fraction of sp³-hybridized carbons (Fsp3) is 0.519. The van der Waals surface area contributed by atoms with Crippen molar-refractivity contribution < 1.29 is 14.6 Å². The van der Waals surface area contributed by atoms with Crippen LogP contribution in [0.1, 0.15) is 62.5 Å². The molecule has 0 radical (unpaired) electrons. The zero-order chi connectivity index (χ0) is 22.2. The molecule has 3 nitrogen and oxygen atoms in total. The van der Waals surface area contributed by atoms with Gasteiger partial charge in [0.25, 0.3) is 0 Å². The number of aliphatic hydroxyl groups is 1. The molecule has 2 aromatic carbocycles. The Morgan fingerprint density at radius 2 is 1.74 bits per heavy atom. The van der Waals surface area contributed by atoms with Crippen LogP contribution in [0.3, 0.4) is 0 Å². The number of rotatable bonds is 8. The number of thioether (sulfide) groups is 1. The van der Waals surface area contributed by atoms with Gasteiger partial charge in [-0.1, -0.05) is 63.2 Å². The Hall–Kier alpha value is -1.78. The molecule has 0 amide bonds. The fourth-order valence-electron chi connectivity index (χ4n) is 5.82. The third-order valence-corrected chi connectivity index (χ3v) is 9.68. The Morgan fingerprint density at radius 1 is 1.06 bits per heavy atom. The lowest BCUT2D eigenvalue weighted by Crippen LogP contribution is -2.33. The minimum Gasteiger partial charge on any atom is -0.497 e. The maximum Gasteiger partial charge on any atom is 0.143 e.